The lowest BCUT2D eigenvalue weighted by Crippen LogP contribution is -2.25. The number of carbonyl (C=O) groups excluding carboxylic acids is 1. The van der Waals surface area contributed by atoms with Crippen molar-refractivity contribution in [1.29, 1.82) is 0 Å². The topological polar surface area (TPSA) is 57.5 Å². The molecule has 0 bridgehead atoms. The molecule has 0 aromatic rings. The van der Waals surface area contributed by atoms with Crippen molar-refractivity contribution in [2.24, 2.45) is 5.92 Å². The minimum absolute atomic E-state index is 0.0178. The predicted molar refractivity (Wildman–Crippen MR) is 46.8 cm³/mol. The van der Waals surface area contributed by atoms with Gasteiger partial charge in [-0.15, -0.1) is 0 Å². The molecule has 0 spiro atoms. The second-order valence-electron chi connectivity index (χ2n) is 3.20. The lowest BCUT2D eigenvalue weighted by Gasteiger charge is -2.18. The third kappa shape index (κ3) is 4.46. The van der Waals surface area contributed by atoms with Crippen LogP contribution in [0.4, 0.5) is 0 Å². The van der Waals surface area contributed by atoms with E-state index >= 15 is 0 Å². The van der Waals surface area contributed by atoms with Gasteiger partial charge in [-0.25, -0.2) is 0 Å². The van der Waals surface area contributed by atoms with Crippen LogP contribution in [0.1, 0.15) is 33.1 Å². The van der Waals surface area contributed by atoms with E-state index in [1.807, 2.05) is 6.92 Å². The van der Waals surface area contributed by atoms with Gasteiger partial charge in [-0.3, -0.25) is 0 Å². The standard InChI is InChI=1S/C9H18O3/c1-3-4-9(12)8(6-10)5-7(2)11/h8-10,12H,3-6H2,1-2H3. The second kappa shape index (κ2) is 6.14. The smallest absolute Gasteiger partial charge is 0.130 e. The lowest BCUT2D eigenvalue weighted by molar-refractivity contribution is -0.119. The molecular formula is C9H18O3. The monoisotopic (exact) mass is 174 g/mol. The number of aliphatic hydroxyl groups excluding tert-OH is 2. The molecule has 2 N–H and O–H groups in total. The summed E-state index contributed by atoms with van der Waals surface area (Å²) in [5.74, 6) is -0.258. The van der Waals surface area contributed by atoms with Gasteiger partial charge in [0.2, 0.25) is 0 Å². The fourth-order valence-electron chi connectivity index (χ4n) is 1.22. The van der Waals surface area contributed by atoms with Crippen molar-refractivity contribution in [3.63, 3.8) is 0 Å². The summed E-state index contributed by atoms with van der Waals surface area (Å²) in [6.45, 7) is 3.33. The largest absolute Gasteiger partial charge is 0.396 e. The maximum absolute atomic E-state index is 10.7. The van der Waals surface area contributed by atoms with Gasteiger partial charge in [-0.2, -0.15) is 0 Å². The van der Waals surface area contributed by atoms with Crippen LogP contribution in [-0.4, -0.2) is 28.7 Å². The molecule has 0 heterocycles. The van der Waals surface area contributed by atoms with Crippen LogP contribution in [-0.2, 0) is 4.79 Å². The summed E-state index contributed by atoms with van der Waals surface area (Å²) in [5.41, 5.74) is 0. The molecule has 0 saturated carbocycles. The molecule has 2 unspecified atom stereocenters. The van der Waals surface area contributed by atoms with Crippen molar-refractivity contribution in [1.82, 2.24) is 0 Å². The first-order valence-corrected chi connectivity index (χ1v) is 4.40. The first kappa shape index (κ1) is 11.6. The van der Waals surface area contributed by atoms with Crippen molar-refractivity contribution in [3.8, 4) is 0 Å². The van der Waals surface area contributed by atoms with Crippen molar-refractivity contribution in [2.75, 3.05) is 6.61 Å². The highest BCUT2D eigenvalue weighted by molar-refractivity contribution is 5.75. The van der Waals surface area contributed by atoms with E-state index in [9.17, 15) is 9.90 Å². The fraction of sp³-hybridized carbons (Fsp3) is 0.889. The summed E-state index contributed by atoms with van der Waals surface area (Å²) < 4.78 is 0. The Labute approximate surface area is 73.4 Å². The zero-order valence-electron chi connectivity index (χ0n) is 7.79. The SMILES string of the molecule is CCCC(O)C(CO)CC(C)=O. The Balaban J connectivity index is 3.86. The Bertz CT molecular complexity index is 134. The van der Waals surface area contributed by atoms with Gasteiger partial charge < -0.3 is 15.0 Å². The van der Waals surface area contributed by atoms with E-state index in [1.54, 1.807) is 0 Å². The molecule has 0 rings (SSSR count). The van der Waals surface area contributed by atoms with E-state index in [-0.39, 0.29) is 24.7 Å². The number of rotatable bonds is 6. The van der Waals surface area contributed by atoms with Gasteiger partial charge in [-0.1, -0.05) is 13.3 Å². The molecule has 0 aliphatic heterocycles. The summed E-state index contributed by atoms with van der Waals surface area (Å²) in [5, 5.41) is 18.3. The Kier molecular flexibility index (Phi) is 5.93. The van der Waals surface area contributed by atoms with Gasteiger partial charge in [0.15, 0.2) is 0 Å². The maximum Gasteiger partial charge on any atom is 0.130 e. The third-order valence-electron chi connectivity index (χ3n) is 1.91. The van der Waals surface area contributed by atoms with Crippen molar-refractivity contribution in [3.05, 3.63) is 0 Å². The number of hydrogen-bond donors (Lipinski definition) is 2. The van der Waals surface area contributed by atoms with Gasteiger partial charge >= 0.3 is 0 Å². The average molecular weight is 174 g/mol. The normalized spacial score (nSPS) is 15.7. The van der Waals surface area contributed by atoms with Crippen molar-refractivity contribution < 1.29 is 15.0 Å². The molecule has 0 radical (unpaired) electrons. The zero-order chi connectivity index (χ0) is 9.56. The van der Waals surface area contributed by atoms with Gasteiger partial charge in [-0.05, 0) is 13.3 Å². The quantitative estimate of drug-likeness (QED) is 0.624. The van der Waals surface area contributed by atoms with E-state index in [1.165, 1.54) is 6.92 Å². The lowest BCUT2D eigenvalue weighted by atomic mass is 9.94. The molecular weight excluding hydrogens is 156 g/mol. The van der Waals surface area contributed by atoms with Gasteiger partial charge in [0.05, 0.1) is 6.10 Å². The highest BCUT2D eigenvalue weighted by atomic mass is 16.3. The van der Waals surface area contributed by atoms with E-state index < -0.39 is 6.10 Å². The van der Waals surface area contributed by atoms with Crippen LogP contribution in [0.2, 0.25) is 0 Å². The molecule has 2 atom stereocenters. The fourth-order valence-corrected chi connectivity index (χ4v) is 1.22. The maximum atomic E-state index is 10.7. The van der Waals surface area contributed by atoms with E-state index in [2.05, 4.69) is 0 Å². The highest BCUT2D eigenvalue weighted by Gasteiger charge is 2.18. The molecule has 12 heavy (non-hydrogen) atoms. The highest BCUT2D eigenvalue weighted by Crippen LogP contribution is 2.13. The summed E-state index contributed by atoms with van der Waals surface area (Å²) in [4.78, 5) is 10.7. The third-order valence-corrected chi connectivity index (χ3v) is 1.91. The van der Waals surface area contributed by atoms with E-state index in [0.29, 0.717) is 6.42 Å². The molecule has 0 aromatic carbocycles. The Morgan fingerprint density at radius 2 is 2.08 bits per heavy atom. The molecule has 0 fully saturated rings. The van der Waals surface area contributed by atoms with Crippen molar-refractivity contribution >= 4 is 5.78 Å². The molecule has 0 saturated heterocycles. The Morgan fingerprint density at radius 1 is 1.50 bits per heavy atom. The van der Waals surface area contributed by atoms with Gasteiger partial charge in [0.1, 0.15) is 5.78 Å². The molecule has 0 aliphatic carbocycles. The van der Waals surface area contributed by atoms with Crippen LogP contribution in [0, 0.1) is 5.92 Å². The average Bonchev–Trinajstić information content (AvgIpc) is 2.00. The summed E-state index contributed by atoms with van der Waals surface area (Å²) in [6, 6.07) is 0. The summed E-state index contributed by atoms with van der Waals surface area (Å²) >= 11 is 0. The van der Waals surface area contributed by atoms with Gasteiger partial charge in [0.25, 0.3) is 0 Å². The molecule has 0 aromatic heterocycles. The van der Waals surface area contributed by atoms with Crippen LogP contribution in [0.15, 0.2) is 0 Å². The number of aliphatic hydroxyl groups is 2. The molecule has 0 aliphatic rings. The first-order valence-electron chi connectivity index (χ1n) is 4.40. The van der Waals surface area contributed by atoms with Crippen molar-refractivity contribution in [2.45, 2.75) is 39.2 Å². The van der Waals surface area contributed by atoms with E-state index in [0.717, 1.165) is 6.42 Å². The van der Waals surface area contributed by atoms with Crippen LogP contribution in [0.25, 0.3) is 0 Å². The second-order valence-corrected chi connectivity index (χ2v) is 3.20. The Morgan fingerprint density at radius 3 is 2.42 bits per heavy atom. The predicted octanol–water partition coefficient (Wildman–Crippen LogP) is 0.735. The summed E-state index contributed by atoms with van der Waals surface area (Å²) in [7, 11) is 0. The molecule has 3 nitrogen and oxygen atoms in total. The first-order chi connectivity index (χ1) is 5.61. The van der Waals surface area contributed by atoms with Crippen LogP contribution in [0.5, 0.6) is 0 Å². The number of Topliss-reactive ketones (excluding diaryl/α,β-unsaturated/α-hetero) is 1. The number of carbonyl (C=O) groups is 1. The Hall–Kier alpha value is -0.410. The minimum atomic E-state index is -0.538. The van der Waals surface area contributed by atoms with Gasteiger partial charge in [0, 0.05) is 18.9 Å². The molecule has 3 heteroatoms. The zero-order valence-corrected chi connectivity index (χ0v) is 7.79. The molecule has 0 amide bonds. The summed E-state index contributed by atoms with van der Waals surface area (Å²) in [6.07, 6.45) is 1.26. The van der Waals surface area contributed by atoms with Crippen LogP contribution >= 0.6 is 0 Å². The van der Waals surface area contributed by atoms with Crippen LogP contribution in [0.3, 0.4) is 0 Å². The number of ketones is 1. The molecule has 72 valence electrons. The van der Waals surface area contributed by atoms with Crippen LogP contribution < -0.4 is 0 Å². The van der Waals surface area contributed by atoms with E-state index in [4.69, 9.17) is 5.11 Å². The minimum Gasteiger partial charge on any atom is -0.396 e. The number of hydrogen-bond acceptors (Lipinski definition) is 3.